The topological polar surface area (TPSA) is 50.4 Å². The number of nitrogens with one attached hydrogen (secondary N) is 2. The molecule has 0 fully saturated rings. The molecule has 7 heteroatoms. The molecular weight excluding hydrogens is 340 g/mol. The molecule has 0 saturated carbocycles. The summed E-state index contributed by atoms with van der Waals surface area (Å²) in [6, 6.07) is 7.29. The fraction of sp³-hybridized carbons (Fsp3) is 0.200. The molecule has 0 spiro atoms. The van der Waals surface area contributed by atoms with Crippen LogP contribution in [0.25, 0.3) is 0 Å². The highest BCUT2D eigenvalue weighted by Crippen LogP contribution is 2.28. The van der Waals surface area contributed by atoms with Gasteiger partial charge in [-0.25, -0.2) is 4.79 Å². The van der Waals surface area contributed by atoms with Crippen molar-refractivity contribution in [1.29, 1.82) is 0 Å². The van der Waals surface area contributed by atoms with Crippen LogP contribution in [0.1, 0.15) is 20.8 Å². The molecule has 2 N–H and O–H groups in total. The first-order valence-electron chi connectivity index (χ1n) is 6.43. The Morgan fingerprint density at radius 1 is 1.27 bits per heavy atom. The van der Waals surface area contributed by atoms with Gasteiger partial charge in [0.25, 0.3) is 0 Å². The normalized spacial score (nSPS) is 10.2. The van der Waals surface area contributed by atoms with Gasteiger partial charge in [-0.15, -0.1) is 11.3 Å². The lowest BCUT2D eigenvalue weighted by molar-refractivity contribution is 0.0602. The molecule has 0 atom stereocenters. The number of anilines is 2. The quantitative estimate of drug-likeness (QED) is 0.622. The highest BCUT2D eigenvalue weighted by atomic mass is 35.5. The molecule has 1 aromatic carbocycles. The van der Waals surface area contributed by atoms with Crippen LogP contribution in [0, 0.1) is 13.8 Å². The number of halogens is 1. The molecule has 0 unspecified atom stereocenters. The van der Waals surface area contributed by atoms with E-state index in [0.29, 0.717) is 20.7 Å². The van der Waals surface area contributed by atoms with E-state index in [1.54, 1.807) is 12.1 Å². The van der Waals surface area contributed by atoms with Gasteiger partial charge in [-0.2, -0.15) is 0 Å². The Balaban J connectivity index is 2.16. The number of hydrogen-bond acceptors (Lipinski definition) is 4. The van der Waals surface area contributed by atoms with Crippen molar-refractivity contribution >= 4 is 56.9 Å². The minimum absolute atomic E-state index is 0.386. The van der Waals surface area contributed by atoms with Crippen LogP contribution in [0.3, 0.4) is 0 Å². The first-order valence-corrected chi connectivity index (χ1v) is 8.04. The van der Waals surface area contributed by atoms with Crippen molar-refractivity contribution in [3.63, 3.8) is 0 Å². The first-order chi connectivity index (χ1) is 10.4. The monoisotopic (exact) mass is 354 g/mol. The molecule has 1 aromatic heterocycles. The number of esters is 1. The summed E-state index contributed by atoms with van der Waals surface area (Å²) in [6.07, 6.45) is 0. The number of thiophene rings is 1. The number of methoxy groups -OCH3 is 1. The van der Waals surface area contributed by atoms with Crippen LogP contribution >= 0.6 is 35.2 Å². The van der Waals surface area contributed by atoms with E-state index >= 15 is 0 Å². The van der Waals surface area contributed by atoms with Crippen LogP contribution in [0.15, 0.2) is 24.3 Å². The molecule has 2 aromatic rings. The molecule has 0 radical (unpaired) electrons. The highest BCUT2D eigenvalue weighted by molar-refractivity contribution is 7.80. The zero-order chi connectivity index (χ0) is 16.3. The molecule has 22 heavy (non-hydrogen) atoms. The van der Waals surface area contributed by atoms with Gasteiger partial charge >= 0.3 is 5.97 Å². The molecule has 0 bridgehead atoms. The summed E-state index contributed by atoms with van der Waals surface area (Å²) in [7, 11) is 1.35. The van der Waals surface area contributed by atoms with E-state index < -0.39 is 5.97 Å². The number of ether oxygens (including phenoxy) is 1. The lowest BCUT2D eigenvalue weighted by atomic mass is 10.2. The first kappa shape index (κ1) is 16.7. The van der Waals surface area contributed by atoms with Gasteiger partial charge < -0.3 is 15.4 Å². The Morgan fingerprint density at radius 3 is 2.68 bits per heavy atom. The molecular formula is C15H15ClN2O2S2. The molecule has 0 aliphatic rings. The standard InChI is InChI=1S/C15H15ClN2O2S2/c1-8-4-5-10(16)7-12(8)17-15(21)18-13-11(14(19)20-3)6-9(2)22-13/h4-7H,1-3H3,(H2,17,18,21). The lowest BCUT2D eigenvalue weighted by Crippen LogP contribution is -2.20. The highest BCUT2D eigenvalue weighted by Gasteiger charge is 2.16. The number of thiocarbonyl (C=S) groups is 1. The maximum Gasteiger partial charge on any atom is 0.340 e. The summed E-state index contributed by atoms with van der Waals surface area (Å²) < 4.78 is 4.77. The second-order valence-corrected chi connectivity index (χ2v) is 6.73. The molecule has 0 aliphatic carbocycles. The third kappa shape index (κ3) is 3.97. The van der Waals surface area contributed by atoms with Crippen molar-refractivity contribution in [2.75, 3.05) is 17.7 Å². The van der Waals surface area contributed by atoms with Crippen LogP contribution in [0.5, 0.6) is 0 Å². The van der Waals surface area contributed by atoms with Crippen molar-refractivity contribution in [1.82, 2.24) is 0 Å². The summed E-state index contributed by atoms with van der Waals surface area (Å²) in [5.41, 5.74) is 2.30. The van der Waals surface area contributed by atoms with Crippen molar-refractivity contribution in [2.24, 2.45) is 0 Å². The fourth-order valence-corrected chi connectivity index (χ4v) is 3.21. The molecule has 2 rings (SSSR count). The molecule has 0 saturated heterocycles. The van der Waals surface area contributed by atoms with Gasteiger partial charge in [0, 0.05) is 15.6 Å². The summed E-state index contributed by atoms with van der Waals surface area (Å²) in [4.78, 5) is 12.7. The third-order valence-electron chi connectivity index (χ3n) is 2.94. The number of carbonyl (C=O) groups is 1. The van der Waals surface area contributed by atoms with Crippen LogP contribution in [0.2, 0.25) is 5.02 Å². The Labute approximate surface area is 143 Å². The average molecular weight is 355 g/mol. The number of aryl methyl sites for hydroxylation is 2. The third-order valence-corrected chi connectivity index (χ3v) is 4.34. The van der Waals surface area contributed by atoms with Gasteiger partial charge in [0.05, 0.1) is 12.7 Å². The number of hydrogen-bond donors (Lipinski definition) is 2. The van der Waals surface area contributed by atoms with E-state index in [1.165, 1.54) is 18.4 Å². The van der Waals surface area contributed by atoms with E-state index in [4.69, 9.17) is 28.6 Å². The summed E-state index contributed by atoms with van der Waals surface area (Å²) in [5.74, 6) is -0.395. The van der Waals surface area contributed by atoms with E-state index in [2.05, 4.69) is 10.6 Å². The SMILES string of the molecule is COC(=O)c1cc(C)sc1NC(=S)Nc1cc(Cl)ccc1C. The maximum atomic E-state index is 11.7. The van der Waals surface area contributed by atoms with Gasteiger partial charge in [0.15, 0.2) is 5.11 Å². The predicted octanol–water partition coefficient (Wildman–Crippen LogP) is 4.61. The zero-order valence-electron chi connectivity index (χ0n) is 12.3. The van der Waals surface area contributed by atoms with Crippen molar-refractivity contribution in [2.45, 2.75) is 13.8 Å². The number of carbonyl (C=O) groups excluding carboxylic acids is 1. The Bertz CT molecular complexity index is 728. The van der Waals surface area contributed by atoms with Crippen molar-refractivity contribution in [3.05, 3.63) is 45.3 Å². The number of benzene rings is 1. The predicted molar refractivity (Wildman–Crippen MR) is 96.4 cm³/mol. The summed E-state index contributed by atoms with van der Waals surface area (Å²) >= 11 is 12.7. The van der Waals surface area contributed by atoms with Crippen molar-refractivity contribution < 1.29 is 9.53 Å². The van der Waals surface area contributed by atoms with Gasteiger partial charge in [0.2, 0.25) is 0 Å². The molecule has 0 aliphatic heterocycles. The zero-order valence-corrected chi connectivity index (χ0v) is 14.7. The maximum absolute atomic E-state index is 11.7. The number of rotatable bonds is 3. The van der Waals surface area contributed by atoms with Gasteiger partial charge in [0.1, 0.15) is 5.00 Å². The second kappa shape index (κ2) is 7.09. The Morgan fingerprint density at radius 2 is 2.00 bits per heavy atom. The lowest BCUT2D eigenvalue weighted by Gasteiger charge is -2.12. The second-order valence-electron chi connectivity index (χ2n) is 4.63. The molecule has 116 valence electrons. The minimum Gasteiger partial charge on any atom is -0.465 e. The van der Waals surface area contributed by atoms with Crippen molar-refractivity contribution in [3.8, 4) is 0 Å². The van der Waals surface area contributed by atoms with Crippen LogP contribution in [-0.4, -0.2) is 18.2 Å². The van der Waals surface area contributed by atoms with Gasteiger partial charge in [-0.1, -0.05) is 17.7 Å². The van der Waals surface area contributed by atoms with Crippen LogP contribution < -0.4 is 10.6 Å². The Hall–Kier alpha value is -1.63. The van der Waals surface area contributed by atoms with Gasteiger partial charge in [-0.3, -0.25) is 0 Å². The summed E-state index contributed by atoms with van der Waals surface area (Å²) in [5, 5.41) is 7.78. The van der Waals surface area contributed by atoms with Crippen LogP contribution in [-0.2, 0) is 4.74 Å². The minimum atomic E-state index is -0.395. The van der Waals surface area contributed by atoms with E-state index in [-0.39, 0.29) is 0 Å². The van der Waals surface area contributed by atoms with Crippen LogP contribution in [0.4, 0.5) is 10.7 Å². The van der Waals surface area contributed by atoms with Gasteiger partial charge in [-0.05, 0) is 49.8 Å². The van der Waals surface area contributed by atoms with E-state index in [0.717, 1.165) is 16.1 Å². The summed E-state index contributed by atoms with van der Waals surface area (Å²) in [6.45, 7) is 3.87. The largest absolute Gasteiger partial charge is 0.465 e. The fourth-order valence-electron chi connectivity index (χ4n) is 1.85. The van der Waals surface area contributed by atoms with E-state index in [9.17, 15) is 4.79 Å². The molecule has 4 nitrogen and oxygen atoms in total. The molecule has 1 heterocycles. The average Bonchev–Trinajstić information content (AvgIpc) is 2.82. The van der Waals surface area contributed by atoms with E-state index in [1.807, 2.05) is 26.0 Å². The smallest absolute Gasteiger partial charge is 0.340 e. The molecule has 0 amide bonds. The Kier molecular flexibility index (Phi) is 5.39.